The summed E-state index contributed by atoms with van der Waals surface area (Å²) in [5.41, 5.74) is 0.544. The van der Waals surface area contributed by atoms with Crippen molar-refractivity contribution in [2.75, 3.05) is 18.9 Å². The summed E-state index contributed by atoms with van der Waals surface area (Å²) in [6, 6.07) is 11.0. The van der Waals surface area contributed by atoms with Crippen LogP contribution in [0.3, 0.4) is 0 Å². The number of ether oxygens (including phenoxy) is 1. The highest BCUT2D eigenvalue weighted by Gasteiger charge is 2.38. The molecule has 2 aromatic rings. The molecule has 0 spiro atoms. The van der Waals surface area contributed by atoms with Crippen LogP contribution in [0.5, 0.6) is 5.75 Å². The van der Waals surface area contributed by atoms with Crippen LogP contribution in [0.1, 0.15) is 33.3 Å². The normalized spacial score (nSPS) is 11.2. The van der Waals surface area contributed by atoms with Gasteiger partial charge in [0.15, 0.2) is 0 Å². The lowest BCUT2D eigenvalue weighted by Gasteiger charge is -2.28. The van der Waals surface area contributed by atoms with E-state index < -0.39 is 5.41 Å². The number of nitrogens with one attached hydrogen (secondary N) is 1. The average molecular weight is 383 g/mol. The molecule has 0 radical (unpaired) electrons. The van der Waals surface area contributed by atoms with Crippen LogP contribution in [0.4, 0.5) is 5.69 Å². The number of carbonyl (C=O) groups excluding carboxylic acids is 2. The van der Waals surface area contributed by atoms with Gasteiger partial charge in [0.2, 0.25) is 11.8 Å². The molecule has 6 heteroatoms. The summed E-state index contributed by atoms with van der Waals surface area (Å²) < 4.78 is 5.60. The molecule has 6 nitrogen and oxygen atoms in total. The minimum Gasteiger partial charge on any atom is -0.491 e. The van der Waals surface area contributed by atoms with Crippen molar-refractivity contribution in [1.29, 1.82) is 0 Å². The summed E-state index contributed by atoms with van der Waals surface area (Å²) in [5.74, 6) is 0.170. The van der Waals surface area contributed by atoms with Gasteiger partial charge in [0, 0.05) is 31.7 Å². The zero-order valence-corrected chi connectivity index (χ0v) is 17.2. The molecule has 0 saturated heterocycles. The van der Waals surface area contributed by atoms with E-state index in [0.29, 0.717) is 18.7 Å². The van der Waals surface area contributed by atoms with E-state index in [1.807, 2.05) is 26.0 Å². The molecule has 0 fully saturated rings. The monoisotopic (exact) mass is 383 g/mol. The molecular formula is C22H29N3O3. The minimum absolute atomic E-state index is 0.0830. The van der Waals surface area contributed by atoms with Gasteiger partial charge < -0.3 is 15.0 Å². The summed E-state index contributed by atoms with van der Waals surface area (Å²) in [6.07, 6.45) is 4.25. The van der Waals surface area contributed by atoms with Crippen LogP contribution in [-0.4, -0.2) is 41.4 Å². The highest BCUT2D eigenvalue weighted by Crippen LogP contribution is 2.23. The van der Waals surface area contributed by atoms with Crippen molar-refractivity contribution in [2.45, 2.75) is 40.2 Å². The highest BCUT2D eigenvalue weighted by molar-refractivity contribution is 6.09. The van der Waals surface area contributed by atoms with Crippen LogP contribution in [0.2, 0.25) is 0 Å². The number of anilines is 1. The van der Waals surface area contributed by atoms with E-state index in [1.165, 1.54) is 0 Å². The maximum Gasteiger partial charge on any atom is 0.239 e. The lowest BCUT2D eigenvalue weighted by Crippen LogP contribution is -2.46. The predicted octanol–water partition coefficient (Wildman–Crippen LogP) is 3.53. The fourth-order valence-electron chi connectivity index (χ4n) is 2.70. The quantitative estimate of drug-likeness (QED) is 0.708. The summed E-state index contributed by atoms with van der Waals surface area (Å²) in [6.45, 7) is 7.72. The maximum absolute atomic E-state index is 12.8. The third-order valence-electron chi connectivity index (χ3n) is 4.42. The van der Waals surface area contributed by atoms with Gasteiger partial charge in [-0.25, -0.2) is 0 Å². The Bertz CT molecular complexity index is 786. The molecule has 28 heavy (non-hydrogen) atoms. The molecule has 1 aromatic carbocycles. The second-order valence-electron chi connectivity index (χ2n) is 7.60. The van der Waals surface area contributed by atoms with E-state index in [-0.39, 0.29) is 17.9 Å². The van der Waals surface area contributed by atoms with Crippen LogP contribution in [0.15, 0.2) is 48.8 Å². The zero-order chi connectivity index (χ0) is 20.7. The molecule has 0 aliphatic rings. The van der Waals surface area contributed by atoms with Crippen LogP contribution in [0, 0.1) is 5.41 Å². The molecule has 2 rings (SSSR count). The van der Waals surface area contributed by atoms with Crippen molar-refractivity contribution >= 4 is 17.5 Å². The van der Waals surface area contributed by atoms with Gasteiger partial charge in [0.1, 0.15) is 11.2 Å². The van der Waals surface area contributed by atoms with Gasteiger partial charge in [0.25, 0.3) is 0 Å². The molecule has 2 amide bonds. The summed E-state index contributed by atoms with van der Waals surface area (Å²) in [4.78, 5) is 31.1. The number of amides is 2. The van der Waals surface area contributed by atoms with E-state index >= 15 is 0 Å². The Morgan fingerprint density at radius 1 is 1.11 bits per heavy atom. The van der Waals surface area contributed by atoms with Crippen molar-refractivity contribution in [3.63, 3.8) is 0 Å². The van der Waals surface area contributed by atoms with Gasteiger partial charge in [-0.2, -0.15) is 0 Å². The van der Waals surface area contributed by atoms with Crippen molar-refractivity contribution in [2.24, 2.45) is 5.41 Å². The summed E-state index contributed by atoms with van der Waals surface area (Å²) >= 11 is 0. The van der Waals surface area contributed by atoms with E-state index in [9.17, 15) is 9.59 Å². The number of aromatic nitrogens is 1. The first kappa shape index (κ1) is 21.4. The number of hydrogen-bond donors (Lipinski definition) is 1. The molecule has 150 valence electrons. The number of hydrogen-bond acceptors (Lipinski definition) is 4. The third-order valence-corrected chi connectivity index (χ3v) is 4.42. The Morgan fingerprint density at radius 2 is 1.71 bits per heavy atom. The molecule has 1 aromatic heterocycles. The molecule has 0 unspecified atom stereocenters. The Balaban J connectivity index is 1.95. The fraction of sp³-hybridized carbons (Fsp3) is 0.409. The second-order valence-corrected chi connectivity index (χ2v) is 7.60. The number of carbonyl (C=O) groups is 2. The lowest BCUT2D eigenvalue weighted by atomic mass is 9.90. The maximum atomic E-state index is 12.8. The molecule has 0 saturated carbocycles. The van der Waals surface area contributed by atoms with Gasteiger partial charge >= 0.3 is 0 Å². The molecule has 0 aliphatic heterocycles. The minimum atomic E-state index is -1.18. The molecule has 0 atom stereocenters. The smallest absolute Gasteiger partial charge is 0.239 e. The Hall–Kier alpha value is -2.89. The Labute approximate surface area is 166 Å². The van der Waals surface area contributed by atoms with Crippen LogP contribution in [0.25, 0.3) is 0 Å². The average Bonchev–Trinajstić information content (AvgIpc) is 2.67. The van der Waals surface area contributed by atoms with Crippen molar-refractivity contribution in [1.82, 2.24) is 9.88 Å². The molecular weight excluding hydrogens is 354 g/mol. The molecule has 0 aliphatic carbocycles. The van der Waals surface area contributed by atoms with Crippen LogP contribution in [-0.2, 0) is 16.0 Å². The van der Waals surface area contributed by atoms with Crippen LogP contribution >= 0.6 is 0 Å². The number of nitrogens with zero attached hydrogens (tertiary/aromatic N) is 2. The largest absolute Gasteiger partial charge is 0.491 e. The van der Waals surface area contributed by atoms with Gasteiger partial charge in [-0.05, 0) is 76.1 Å². The first-order valence-corrected chi connectivity index (χ1v) is 9.43. The number of benzene rings is 1. The van der Waals surface area contributed by atoms with E-state index in [1.54, 1.807) is 62.5 Å². The lowest BCUT2D eigenvalue weighted by molar-refractivity contribution is -0.145. The number of rotatable bonds is 8. The fourth-order valence-corrected chi connectivity index (χ4v) is 2.70. The van der Waals surface area contributed by atoms with Gasteiger partial charge in [-0.1, -0.05) is 0 Å². The van der Waals surface area contributed by atoms with Crippen molar-refractivity contribution in [3.8, 4) is 5.75 Å². The SMILES string of the molecule is CC(C)Oc1ccc(NC(=O)C(C)(C)C(=O)N(C)CCc2ccncc2)cc1. The first-order chi connectivity index (χ1) is 13.2. The Kier molecular flexibility index (Phi) is 7.15. The number of pyridine rings is 1. The van der Waals surface area contributed by atoms with E-state index in [4.69, 9.17) is 4.74 Å². The molecule has 1 N–H and O–H groups in total. The molecule has 1 heterocycles. The zero-order valence-electron chi connectivity index (χ0n) is 17.2. The van der Waals surface area contributed by atoms with Gasteiger partial charge in [-0.3, -0.25) is 14.6 Å². The highest BCUT2D eigenvalue weighted by atomic mass is 16.5. The second kappa shape index (κ2) is 9.35. The van der Waals surface area contributed by atoms with Gasteiger partial charge in [0.05, 0.1) is 6.10 Å². The van der Waals surface area contributed by atoms with Gasteiger partial charge in [-0.15, -0.1) is 0 Å². The number of likely N-dealkylation sites (N-methyl/N-ethyl adjacent to an activating group) is 1. The van der Waals surface area contributed by atoms with Crippen molar-refractivity contribution < 1.29 is 14.3 Å². The predicted molar refractivity (Wildman–Crippen MR) is 110 cm³/mol. The van der Waals surface area contributed by atoms with Crippen molar-refractivity contribution in [3.05, 3.63) is 54.4 Å². The van der Waals surface area contributed by atoms with E-state index in [0.717, 1.165) is 11.3 Å². The van der Waals surface area contributed by atoms with E-state index in [2.05, 4.69) is 10.3 Å². The Morgan fingerprint density at radius 3 is 2.29 bits per heavy atom. The first-order valence-electron chi connectivity index (χ1n) is 9.43. The topological polar surface area (TPSA) is 71.5 Å². The summed E-state index contributed by atoms with van der Waals surface area (Å²) in [5, 5.41) is 2.82. The summed E-state index contributed by atoms with van der Waals surface area (Å²) in [7, 11) is 1.72. The third kappa shape index (κ3) is 5.81. The molecule has 0 bridgehead atoms. The standard InChI is InChI=1S/C22H29N3O3/c1-16(2)28-19-8-6-18(7-9-19)24-20(26)22(3,4)21(27)25(5)15-12-17-10-13-23-14-11-17/h6-11,13-14,16H,12,15H2,1-5H3,(H,24,26). The van der Waals surface area contributed by atoms with Crippen LogP contribution < -0.4 is 10.1 Å².